The molecule has 0 saturated carbocycles. The number of pyridine rings is 1. The summed E-state index contributed by atoms with van der Waals surface area (Å²) in [5, 5.41) is 7.58. The second kappa shape index (κ2) is 7.56. The third-order valence-electron chi connectivity index (χ3n) is 2.88. The molecule has 0 saturated heterocycles. The van der Waals surface area contributed by atoms with E-state index < -0.39 is 6.04 Å². The van der Waals surface area contributed by atoms with Gasteiger partial charge in [-0.05, 0) is 44.2 Å². The Morgan fingerprint density at radius 2 is 2.09 bits per heavy atom. The molecular formula is C16H17ClN4O. The Labute approximate surface area is 134 Å². The van der Waals surface area contributed by atoms with Gasteiger partial charge in [-0.3, -0.25) is 9.78 Å². The van der Waals surface area contributed by atoms with Gasteiger partial charge in [0.2, 0.25) is 0 Å². The summed E-state index contributed by atoms with van der Waals surface area (Å²) in [5.74, 6) is -0.246. The number of carbonyl (C=O) groups is 1. The van der Waals surface area contributed by atoms with Crippen molar-refractivity contribution in [3.63, 3.8) is 0 Å². The molecule has 1 amide bonds. The highest BCUT2D eigenvalue weighted by molar-refractivity contribution is 6.30. The number of nitrogens with one attached hydrogen (secondary N) is 2. The van der Waals surface area contributed by atoms with Gasteiger partial charge in [0.05, 0.1) is 11.9 Å². The number of hydrogen-bond donors (Lipinski definition) is 2. The zero-order valence-corrected chi connectivity index (χ0v) is 13.1. The topological polar surface area (TPSA) is 66.4 Å². The summed E-state index contributed by atoms with van der Waals surface area (Å²) in [4.78, 5) is 16.2. The molecule has 2 N–H and O–H groups in total. The van der Waals surface area contributed by atoms with Crippen LogP contribution in [0.25, 0.3) is 0 Å². The largest absolute Gasteiger partial charge is 0.374 e. The van der Waals surface area contributed by atoms with Crippen LogP contribution in [0.5, 0.6) is 0 Å². The predicted octanol–water partition coefficient (Wildman–Crippen LogP) is 2.99. The van der Waals surface area contributed by atoms with Crippen LogP contribution >= 0.6 is 11.6 Å². The van der Waals surface area contributed by atoms with E-state index in [9.17, 15) is 4.79 Å². The lowest BCUT2D eigenvalue weighted by Crippen LogP contribution is -2.34. The molecule has 1 heterocycles. The number of hydrazone groups is 1. The van der Waals surface area contributed by atoms with Crippen molar-refractivity contribution in [3.05, 3.63) is 58.9 Å². The smallest absolute Gasteiger partial charge is 0.262 e. The second-order valence-corrected chi connectivity index (χ2v) is 5.25. The van der Waals surface area contributed by atoms with Crippen molar-refractivity contribution in [1.82, 2.24) is 10.4 Å². The van der Waals surface area contributed by atoms with Gasteiger partial charge in [0.25, 0.3) is 5.91 Å². The summed E-state index contributed by atoms with van der Waals surface area (Å²) in [6, 6.07) is 12.3. The van der Waals surface area contributed by atoms with Crippen LogP contribution in [0.1, 0.15) is 18.3 Å². The molecule has 0 aliphatic carbocycles. The van der Waals surface area contributed by atoms with Gasteiger partial charge in [-0.2, -0.15) is 5.10 Å². The van der Waals surface area contributed by atoms with Crippen LogP contribution in [0, 0.1) is 6.92 Å². The zero-order chi connectivity index (χ0) is 15.9. The fourth-order valence-electron chi connectivity index (χ4n) is 1.79. The molecule has 1 aromatic carbocycles. The van der Waals surface area contributed by atoms with Crippen LogP contribution in [0.4, 0.5) is 5.69 Å². The Bertz CT molecular complexity index is 687. The summed E-state index contributed by atoms with van der Waals surface area (Å²) in [5.41, 5.74) is 4.84. The number of aromatic nitrogens is 1. The summed E-state index contributed by atoms with van der Waals surface area (Å²) >= 11 is 5.90. The van der Waals surface area contributed by atoms with Crippen LogP contribution in [-0.4, -0.2) is 23.1 Å². The molecule has 0 aliphatic heterocycles. The van der Waals surface area contributed by atoms with Crippen LogP contribution < -0.4 is 10.7 Å². The van der Waals surface area contributed by atoms with E-state index in [1.54, 1.807) is 19.1 Å². The van der Waals surface area contributed by atoms with E-state index in [4.69, 9.17) is 11.6 Å². The predicted molar refractivity (Wildman–Crippen MR) is 89.2 cm³/mol. The van der Waals surface area contributed by atoms with E-state index in [2.05, 4.69) is 20.8 Å². The normalized spacial score (nSPS) is 12.1. The van der Waals surface area contributed by atoms with Gasteiger partial charge in [0, 0.05) is 16.4 Å². The minimum atomic E-state index is -0.443. The second-order valence-electron chi connectivity index (χ2n) is 4.81. The maximum Gasteiger partial charge on any atom is 0.262 e. The summed E-state index contributed by atoms with van der Waals surface area (Å²) in [6.07, 6.45) is 1.51. The lowest BCUT2D eigenvalue weighted by atomic mass is 10.2. The molecule has 5 nitrogen and oxygen atoms in total. The number of halogens is 1. The maximum atomic E-state index is 11.9. The van der Waals surface area contributed by atoms with E-state index >= 15 is 0 Å². The monoisotopic (exact) mass is 316 g/mol. The molecule has 6 heteroatoms. The molecule has 114 valence electrons. The first-order chi connectivity index (χ1) is 10.5. The maximum absolute atomic E-state index is 11.9. The quantitative estimate of drug-likeness (QED) is 0.658. The first-order valence-corrected chi connectivity index (χ1v) is 7.21. The molecular weight excluding hydrogens is 300 g/mol. The SMILES string of the molecule is Cc1cccc(/C=N\NC(=O)[C@H](C)Nc2cccc(Cl)c2)n1. The van der Waals surface area contributed by atoms with Crippen LogP contribution in [0.2, 0.25) is 5.02 Å². The average Bonchev–Trinajstić information content (AvgIpc) is 2.47. The van der Waals surface area contributed by atoms with Gasteiger partial charge in [0.1, 0.15) is 6.04 Å². The number of amides is 1. The minimum Gasteiger partial charge on any atom is -0.374 e. The molecule has 2 aromatic rings. The lowest BCUT2D eigenvalue weighted by Gasteiger charge is -2.13. The third kappa shape index (κ3) is 4.86. The van der Waals surface area contributed by atoms with Crippen LogP contribution in [0.3, 0.4) is 0 Å². The van der Waals surface area contributed by atoms with Gasteiger partial charge in [-0.1, -0.05) is 23.7 Å². The highest BCUT2D eigenvalue weighted by Crippen LogP contribution is 2.15. The Hall–Kier alpha value is -2.40. The van der Waals surface area contributed by atoms with Crippen molar-refractivity contribution in [1.29, 1.82) is 0 Å². The van der Waals surface area contributed by atoms with E-state index in [1.807, 2.05) is 37.3 Å². The fourth-order valence-corrected chi connectivity index (χ4v) is 1.98. The Morgan fingerprint density at radius 3 is 2.82 bits per heavy atom. The van der Waals surface area contributed by atoms with Gasteiger partial charge < -0.3 is 5.32 Å². The minimum absolute atomic E-state index is 0.246. The Kier molecular flexibility index (Phi) is 5.49. The Morgan fingerprint density at radius 1 is 1.32 bits per heavy atom. The Balaban J connectivity index is 1.89. The molecule has 2 rings (SSSR count). The van der Waals surface area contributed by atoms with Gasteiger partial charge in [-0.25, -0.2) is 5.43 Å². The van der Waals surface area contributed by atoms with Crippen molar-refractivity contribution in [3.8, 4) is 0 Å². The van der Waals surface area contributed by atoms with Gasteiger partial charge in [0.15, 0.2) is 0 Å². The summed E-state index contributed by atoms with van der Waals surface area (Å²) < 4.78 is 0. The first kappa shape index (κ1) is 16.0. The lowest BCUT2D eigenvalue weighted by molar-refractivity contribution is -0.121. The molecule has 0 spiro atoms. The molecule has 1 atom stereocenters. The molecule has 0 radical (unpaired) electrons. The molecule has 0 aliphatic rings. The van der Waals surface area contributed by atoms with Crippen molar-refractivity contribution in [2.75, 3.05) is 5.32 Å². The number of nitrogens with zero attached hydrogens (tertiary/aromatic N) is 2. The van der Waals surface area contributed by atoms with Crippen molar-refractivity contribution < 1.29 is 4.79 Å². The highest BCUT2D eigenvalue weighted by Gasteiger charge is 2.11. The number of hydrogen-bond acceptors (Lipinski definition) is 4. The number of carbonyl (C=O) groups excluding carboxylic acids is 1. The zero-order valence-electron chi connectivity index (χ0n) is 12.4. The number of anilines is 1. The van der Waals surface area contributed by atoms with Crippen molar-refractivity contribution >= 4 is 29.4 Å². The van der Waals surface area contributed by atoms with E-state index in [-0.39, 0.29) is 5.91 Å². The van der Waals surface area contributed by atoms with Crippen LogP contribution in [0.15, 0.2) is 47.6 Å². The van der Waals surface area contributed by atoms with E-state index in [0.717, 1.165) is 11.4 Å². The van der Waals surface area contributed by atoms with Gasteiger partial charge in [-0.15, -0.1) is 0 Å². The highest BCUT2D eigenvalue weighted by atomic mass is 35.5. The molecule has 22 heavy (non-hydrogen) atoms. The number of rotatable bonds is 5. The van der Waals surface area contributed by atoms with Crippen molar-refractivity contribution in [2.24, 2.45) is 5.10 Å². The molecule has 0 fully saturated rings. The van der Waals surface area contributed by atoms with E-state index in [1.165, 1.54) is 6.21 Å². The molecule has 1 aromatic heterocycles. The summed E-state index contributed by atoms with van der Waals surface area (Å²) in [6.45, 7) is 3.64. The number of benzene rings is 1. The number of aryl methyl sites for hydroxylation is 1. The molecule has 0 bridgehead atoms. The van der Waals surface area contributed by atoms with Crippen LogP contribution in [-0.2, 0) is 4.79 Å². The molecule has 0 unspecified atom stereocenters. The fraction of sp³-hybridized carbons (Fsp3) is 0.188. The van der Waals surface area contributed by atoms with Crippen molar-refractivity contribution in [2.45, 2.75) is 19.9 Å². The average molecular weight is 317 g/mol. The van der Waals surface area contributed by atoms with Gasteiger partial charge >= 0.3 is 0 Å². The summed E-state index contributed by atoms with van der Waals surface area (Å²) in [7, 11) is 0. The standard InChI is InChI=1S/C16H17ClN4O/c1-11-5-3-8-15(19-11)10-18-21-16(22)12(2)20-14-7-4-6-13(17)9-14/h3-10,12,20H,1-2H3,(H,21,22)/b18-10-/t12-/m0/s1. The first-order valence-electron chi connectivity index (χ1n) is 6.83. The third-order valence-corrected chi connectivity index (χ3v) is 3.12. The van der Waals surface area contributed by atoms with E-state index in [0.29, 0.717) is 10.7 Å².